The fourth-order valence-corrected chi connectivity index (χ4v) is 2.36. The van der Waals surface area contributed by atoms with Crippen molar-refractivity contribution in [1.29, 1.82) is 0 Å². The molecule has 0 spiro atoms. The number of hydrogen-bond acceptors (Lipinski definition) is 1. The van der Waals surface area contributed by atoms with Gasteiger partial charge in [-0.2, -0.15) is 0 Å². The number of hydrogen-bond donors (Lipinski definition) is 1. The van der Waals surface area contributed by atoms with E-state index < -0.39 is 11.6 Å². The number of nitrogens with one attached hydrogen (secondary N) is 1. The highest BCUT2D eigenvalue weighted by molar-refractivity contribution is 9.10. The molecule has 0 aliphatic carbocycles. The van der Waals surface area contributed by atoms with Crippen molar-refractivity contribution in [2.24, 2.45) is 11.8 Å². The van der Waals surface area contributed by atoms with Crippen LogP contribution in [0.4, 0.5) is 8.78 Å². The van der Waals surface area contributed by atoms with Crippen LogP contribution in [0, 0.1) is 23.5 Å². The molecule has 102 valence electrons. The van der Waals surface area contributed by atoms with Gasteiger partial charge in [-0.15, -0.1) is 0 Å². The van der Waals surface area contributed by atoms with E-state index in [1.807, 2.05) is 7.05 Å². The molecule has 1 rings (SSSR count). The first-order chi connectivity index (χ1) is 8.38. The van der Waals surface area contributed by atoms with Crippen molar-refractivity contribution in [3.8, 4) is 0 Å². The van der Waals surface area contributed by atoms with E-state index in [1.165, 1.54) is 12.1 Å². The van der Waals surface area contributed by atoms with Gasteiger partial charge in [-0.05, 0) is 53.4 Å². The zero-order valence-corrected chi connectivity index (χ0v) is 12.8. The van der Waals surface area contributed by atoms with E-state index in [0.717, 1.165) is 0 Å². The van der Waals surface area contributed by atoms with Crippen LogP contribution >= 0.6 is 15.9 Å². The average molecular weight is 320 g/mol. The second-order valence-corrected chi connectivity index (χ2v) is 5.88. The zero-order valence-electron chi connectivity index (χ0n) is 11.2. The third kappa shape index (κ3) is 3.51. The summed E-state index contributed by atoms with van der Waals surface area (Å²) in [7, 11) is 1.83. The number of benzene rings is 1. The Morgan fingerprint density at radius 1 is 1.22 bits per heavy atom. The molecule has 0 aliphatic rings. The van der Waals surface area contributed by atoms with Crippen LogP contribution in [0.2, 0.25) is 0 Å². The monoisotopic (exact) mass is 319 g/mol. The van der Waals surface area contributed by atoms with Crippen molar-refractivity contribution in [1.82, 2.24) is 5.32 Å². The Labute approximate surface area is 116 Å². The molecule has 0 saturated heterocycles. The SMILES string of the molecule is CNC(Cc1c(F)ccc(Br)c1F)C(C)C(C)C. The minimum Gasteiger partial charge on any atom is -0.316 e. The third-order valence-corrected chi connectivity index (χ3v) is 4.23. The molecule has 0 aromatic heterocycles. The number of likely N-dealkylation sites (N-methyl/N-ethyl adjacent to an activating group) is 1. The van der Waals surface area contributed by atoms with Crippen LogP contribution in [-0.2, 0) is 6.42 Å². The maximum Gasteiger partial charge on any atom is 0.143 e. The molecule has 1 aromatic rings. The van der Waals surface area contributed by atoms with Crippen molar-refractivity contribution in [2.45, 2.75) is 33.2 Å². The van der Waals surface area contributed by atoms with Crippen LogP contribution in [0.5, 0.6) is 0 Å². The number of rotatable bonds is 5. The Kier molecular flexibility index (Phi) is 5.73. The molecule has 1 aromatic carbocycles. The van der Waals surface area contributed by atoms with Crippen LogP contribution in [0.1, 0.15) is 26.3 Å². The van der Waals surface area contributed by atoms with Crippen LogP contribution in [0.15, 0.2) is 16.6 Å². The van der Waals surface area contributed by atoms with E-state index >= 15 is 0 Å². The molecule has 0 saturated carbocycles. The standard InChI is InChI=1S/C14H20BrF2N/c1-8(2)9(3)13(18-4)7-10-12(16)6-5-11(15)14(10)17/h5-6,8-9,13,18H,7H2,1-4H3. The Bertz CT molecular complexity index is 407. The van der Waals surface area contributed by atoms with Crippen molar-refractivity contribution in [2.75, 3.05) is 7.05 Å². The fraction of sp³-hybridized carbons (Fsp3) is 0.571. The van der Waals surface area contributed by atoms with Gasteiger partial charge in [0.25, 0.3) is 0 Å². The van der Waals surface area contributed by atoms with Gasteiger partial charge in [0.15, 0.2) is 0 Å². The van der Waals surface area contributed by atoms with E-state index in [4.69, 9.17) is 0 Å². The van der Waals surface area contributed by atoms with Gasteiger partial charge in [0.2, 0.25) is 0 Å². The summed E-state index contributed by atoms with van der Waals surface area (Å²) in [5, 5.41) is 3.16. The molecule has 0 aliphatic heterocycles. The van der Waals surface area contributed by atoms with Crippen molar-refractivity contribution < 1.29 is 8.78 Å². The maximum atomic E-state index is 13.9. The summed E-state index contributed by atoms with van der Waals surface area (Å²) < 4.78 is 27.9. The largest absolute Gasteiger partial charge is 0.316 e. The average Bonchev–Trinajstić information content (AvgIpc) is 2.33. The summed E-state index contributed by atoms with van der Waals surface area (Å²) in [5.74, 6) is -0.174. The number of halogens is 3. The maximum absolute atomic E-state index is 13.9. The van der Waals surface area contributed by atoms with E-state index in [9.17, 15) is 8.78 Å². The minimum absolute atomic E-state index is 0.0586. The minimum atomic E-state index is -0.494. The highest BCUT2D eigenvalue weighted by atomic mass is 79.9. The fourth-order valence-electron chi connectivity index (χ4n) is 1.99. The summed E-state index contributed by atoms with van der Waals surface area (Å²) in [6.45, 7) is 6.32. The predicted molar refractivity (Wildman–Crippen MR) is 74.6 cm³/mol. The molecule has 18 heavy (non-hydrogen) atoms. The second-order valence-electron chi connectivity index (χ2n) is 5.02. The molecular formula is C14H20BrF2N. The molecule has 2 unspecified atom stereocenters. The lowest BCUT2D eigenvalue weighted by Crippen LogP contribution is -2.37. The van der Waals surface area contributed by atoms with Gasteiger partial charge >= 0.3 is 0 Å². The molecule has 0 radical (unpaired) electrons. The van der Waals surface area contributed by atoms with Gasteiger partial charge in [-0.25, -0.2) is 8.78 Å². The lowest BCUT2D eigenvalue weighted by atomic mass is 9.86. The van der Waals surface area contributed by atoms with E-state index in [-0.39, 0.29) is 11.6 Å². The summed E-state index contributed by atoms with van der Waals surface area (Å²) >= 11 is 3.10. The van der Waals surface area contributed by atoms with E-state index in [0.29, 0.717) is 22.7 Å². The quantitative estimate of drug-likeness (QED) is 0.804. The first-order valence-electron chi connectivity index (χ1n) is 6.18. The molecule has 2 atom stereocenters. The van der Waals surface area contributed by atoms with Crippen molar-refractivity contribution >= 4 is 15.9 Å². The van der Waals surface area contributed by atoms with E-state index in [1.54, 1.807) is 0 Å². The van der Waals surface area contributed by atoms with Gasteiger partial charge < -0.3 is 5.32 Å². The van der Waals surface area contributed by atoms with Crippen molar-refractivity contribution in [3.05, 3.63) is 33.8 Å². The Morgan fingerprint density at radius 3 is 2.33 bits per heavy atom. The zero-order chi connectivity index (χ0) is 13.9. The van der Waals surface area contributed by atoms with Gasteiger partial charge in [-0.1, -0.05) is 20.8 Å². The molecule has 0 amide bonds. The first-order valence-corrected chi connectivity index (χ1v) is 6.97. The molecule has 0 bridgehead atoms. The molecule has 1 nitrogen and oxygen atoms in total. The van der Waals surface area contributed by atoms with Crippen LogP contribution < -0.4 is 5.32 Å². The van der Waals surface area contributed by atoms with Crippen molar-refractivity contribution in [3.63, 3.8) is 0 Å². The predicted octanol–water partition coefficient (Wildman–Crippen LogP) is 4.15. The molecule has 1 N–H and O–H groups in total. The molecule has 0 heterocycles. The van der Waals surface area contributed by atoms with Gasteiger partial charge in [0.1, 0.15) is 11.6 Å². The van der Waals surface area contributed by atoms with Crippen LogP contribution in [0.25, 0.3) is 0 Å². The molecular weight excluding hydrogens is 300 g/mol. The van der Waals surface area contributed by atoms with Gasteiger partial charge in [0, 0.05) is 11.6 Å². The summed E-state index contributed by atoms with van der Waals surface area (Å²) in [6.07, 6.45) is 0.354. The Hall–Kier alpha value is -0.480. The molecule has 0 fully saturated rings. The third-order valence-electron chi connectivity index (χ3n) is 3.62. The van der Waals surface area contributed by atoms with E-state index in [2.05, 4.69) is 42.0 Å². The lowest BCUT2D eigenvalue weighted by Gasteiger charge is -2.27. The second kappa shape index (κ2) is 6.62. The Balaban J connectivity index is 2.98. The van der Waals surface area contributed by atoms with Crippen LogP contribution in [-0.4, -0.2) is 13.1 Å². The lowest BCUT2D eigenvalue weighted by molar-refractivity contribution is 0.305. The summed E-state index contributed by atoms with van der Waals surface area (Å²) in [4.78, 5) is 0. The topological polar surface area (TPSA) is 12.0 Å². The normalized spacial score (nSPS) is 14.9. The summed E-state index contributed by atoms with van der Waals surface area (Å²) in [6, 6.07) is 2.76. The first kappa shape index (κ1) is 15.6. The van der Waals surface area contributed by atoms with Gasteiger partial charge in [0.05, 0.1) is 4.47 Å². The van der Waals surface area contributed by atoms with Crippen LogP contribution in [0.3, 0.4) is 0 Å². The smallest absolute Gasteiger partial charge is 0.143 e. The summed E-state index contributed by atoms with van der Waals surface area (Å²) in [5.41, 5.74) is 0.149. The molecule has 4 heteroatoms. The highest BCUT2D eigenvalue weighted by Crippen LogP contribution is 2.25. The highest BCUT2D eigenvalue weighted by Gasteiger charge is 2.22. The Morgan fingerprint density at radius 2 is 1.83 bits per heavy atom. The van der Waals surface area contributed by atoms with Gasteiger partial charge in [-0.3, -0.25) is 0 Å².